The fourth-order valence-electron chi connectivity index (χ4n) is 2.27. The number of rotatable bonds is 21. The van der Waals surface area contributed by atoms with Crippen LogP contribution in [0.3, 0.4) is 0 Å². The lowest BCUT2D eigenvalue weighted by atomic mass is 10.7. The van der Waals surface area contributed by atoms with Gasteiger partial charge in [-0.3, -0.25) is 0 Å². The number of thioether (sulfide) groups is 2. The van der Waals surface area contributed by atoms with Crippen LogP contribution < -0.4 is 0 Å². The van der Waals surface area contributed by atoms with Crippen molar-refractivity contribution in [3.63, 3.8) is 0 Å². The molecule has 0 amide bonds. The van der Waals surface area contributed by atoms with E-state index in [4.69, 9.17) is 36.0 Å². The van der Waals surface area contributed by atoms with Gasteiger partial charge in [-0.15, -0.1) is 0 Å². The molecule has 0 rings (SSSR count). The van der Waals surface area contributed by atoms with E-state index in [-0.39, 0.29) is 0 Å². The van der Waals surface area contributed by atoms with Crippen molar-refractivity contribution in [1.82, 2.24) is 0 Å². The Balaban J connectivity index is 3.43. The smallest absolute Gasteiger partial charge is 0.378 e. The summed E-state index contributed by atoms with van der Waals surface area (Å²) in [6.45, 7) is 2.65. The van der Waals surface area contributed by atoms with Crippen LogP contribution in [0, 0.1) is 0 Å². The first-order valence-corrected chi connectivity index (χ1v) is 15.4. The van der Waals surface area contributed by atoms with E-state index in [9.17, 15) is 0 Å². The SMILES string of the molecule is CO[Si](CCSCCOCCOCCSCC[Si](OC)(OC)OC)(OC)OC. The quantitative estimate of drug-likeness (QED) is 0.181. The summed E-state index contributed by atoms with van der Waals surface area (Å²) in [6.07, 6.45) is 0. The third-order valence-corrected chi connectivity index (χ3v) is 12.2. The zero-order valence-corrected chi connectivity index (χ0v) is 21.8. The molecule has 0 saturated heterocycles. The highest BCUT2D eigenvalue weighted by atomic mass is 32.2. The molecule has 0 bridgehead atoms. The molecule has 0 spiro atoms. The van der Waals surface area contributed by atoms with Crippen molar-refractivity contribution < 1.29 is 36.0 Å². The number of hydrogen-bond acceptors (Lipinski definition) is 10. The van der Waals surface area contributed by atoms with Crippen LogP contribution in [0.5, 0.6) is 0 Å². The van der Waals surface area contributed by atoms with Crippen molar-refractivity contribution in [3.8, 4) is 0 Å². The van der Waals surface area contributed by atoms with Gasteiger partial charge in [0.2, 0.25) is 0 Å². The highest BCUT2D eigenvalue weighted by molar-refractivity contribution is 7.99. The number of hydrogen-bond donors (Lipinski definition) is 0. The summed E-state index contributed by atoms with van der Waals surface area (Å²) >= 11 is 3.62. The Morgan fingerprint density at radius 2 is 0.786 bits per heavy atom. The topological polar surface area (TPSA) is 73.8 Å². The predicted molar refractivity (Wildman–Crippen MR) is 119 cm³/mol. The van der Waals surface area contributed by atoms with Crippen LogP contribution in [0.4, 0.5) is 0 Å². The van der Waals surface area contributed by atoms with Gasteiger partial charge in [-0.25, -0.2) is 0 Å². The van der Waals surface area contributed by atoms with E-state index in [1.807, 2.05) is 23.5 Å². The standard InChI is InChI=1S/C16H38O8S2Si2/c1-17-27(18-2,19-3)15-13-25-11-9-23-7-8-24-10-12-26-14-16-28(20-4,21-5)22-6/h7-16H2,1-6H3. The molecule has 0 radical (unpaired) electrons. The Morgan fingerprint density at radius 1 is 0.464 bits per heavy atom. The molecule has 170 valence electrons. The third kappa shape index (κ3) is 12.5. The van der Waals surface area contributed by atoms with Gasteiger partial charge in [-0.1, -0.05) is 0 Å². The minimum Gasteiger partial charge on any atom is -0.378 e. The maximum atomic E-state index is 5.58. The predicted octanol–water partition coefficient (Wildman–Crippen LogP) is 2.24. The van der Waals surface area contributed by atoms with Gasteiger partial charge in [0.1, 0.15) is 0 Å². The minimum absolute atomic E-state index is 0.616. The van der Waals surface area contributed by atoms with Crippen LogP contribution in [0.1, 0.15) is 0 Å². The van der Waals surface area contributed by atoms with E-state index in [1.54, 1.807) is 42.7 Å². The van der Waals surface area contributed by atoms with Crippen molar-refractivity contribution in [2.24, 2.45) is 0 Å². The maximum Gasteiger partial charge on any atom is 0.500 e. The van der Waals surface area contributed by atoms with Crippen LogP contribution in [-0.2, 0) is 36.0 Å². The van der Waals surface area contributed by atoms with Gasteiger partial charge < -0.3 is 36.0 Å². The van der Waals surface area contributed by atoms with Gasteiger partial charge in [0, 0.05) is 66.3 Å². The van der Waals surface area contributed by atoms with E-state index in [0.717, 1.165) is 35.1 Å². The molecule has 0 saturated carbocycles. The molecule has 0 unspecified atom stereocenters. The summed E-state index contributed by atoms with van der Waals surface area (Å²) in [4.78, 5) is 0. The van der Waals surface area contributed by atoms with Gasteiger partial charge in [-0.05, 0) is 11.5 Å². The van der Waals surface area contributed by atoms with Gasteiger partial charge in [0.25, 0.3) is 0 Å². The first kappa shape index (κ1) is 28.8. The second-order valence-corrected chi connectivity index (χ2v) is 14.2. The monoisotopic (exact) mass is 478 g/mol. The Labute approximate surface area is 181 Å². The molecular weight excluding hydrogens is 440 g/mol. The maximum absolute atomic E-state index is 5.58. The van der Waals surface area contributed by atoms with Crippen molar-refractivity contribution in [2.45, 2.75) is 12.1 Å². The summed E-state index contributed by atoms with van der Waals surface area (Å²) in [5.41, 5.74) is 0. The van der Waals surface area contributed by atoms with E-state index < -0.39 is 17.6 Å². The molecule has 0 aromatic carbocycles. The van der Waals surface area contributed by atoms with Gasteiger partial charge in [-0.2, -0.15) is 23.5 Å². The zero-order valence-electron chi connectivity index (χ0n) is 18.2. The Kier molecular flexibility index (Phi) is 19.1. The summed E-state index contributed by atoms with van der Waals surface area (Å²) in [7, 11) is 4.95. The summed E-state index contributed by atoms with van der Waals surface area (Å²) < 4.78 is 43.5. The minimum atomic E-state index is -2.44. The number of ether oxygens (including phenoxy) is 2. The zero-order chi connectivity index (χ0) is 21.1. The molecule has 0 heterocycles. The third-order valence-electron chi connectivity index (χ3n) is 4.09. The van der Waals surface area contributed by atoms with Gasteiger partial charge in [0.15, 0.2) is 0 Å². The first-order chi connectivity index (χ1) is 13.6. The first-order valence-electron chi connectivity index (χ1n) is 9.19. The molecule has 0 aliphatic rings. The van der Waals surface area contributed by atoms with Crippen LogP contribution in [-0.4, -0.2) is 110 Å². The largest absolute Gasteiger partial charge is 0.500 e. The Morgan fingerprint density at radius 3 is 1.07 bits per heavy atom. The van der Waals surface area contributed by atoms with E-state index in [2.05, 4.69) is 0 Å². The van der Waals surface area contributed by atoms with Crippen molar-refractivity contribution >= 4 is 41.1 Å². The highest BCUT2D eigenvalue weighted by Crippen LogP contribution is 2.17. The average molecular weight is 479 g/mol. The summed E-state index contributed by atoms with van der Waals surface area (Å²) in [5.74, 6) is 3.72. The van der Waals surface area contributed by atoms with E-state index in [1.165, 1.54) is 0 Å². The van der Waals surface area contributed by atoms with Crippen molar-refractivity contribution in [3.05, 3.63) is 0 Å². The van der Waals surface area contributed by atoms with Crippen LogP contribution in [0.25, 0.3) is 0 Å². The molecular formula is C16H38O8S2Si2. The Hall–Kier alpha value is 0.814. The molecule has 0 fully saturated rings. The normalized spacial score (nSPS) is 12.6. The summed E-state index contributed by atoms with van der Waals surface area (Å²) in [6, 6.07) is 1.59. The molecule has 0 aliphatic heterocycles. The van der Waals surface area contributed by atoms with E-state index >= 15 is 0 Å². The molecule has 0 aromatic rings. The fraction of sp³-hybridized carbons (Fsp3) is 1.00. The second-order valence-electron chi connectivity index (χ2n) is 5.54. The molecule has 0 aromatic heterocycles. The van der Waals surface area contributed by atoms with E-state index in [0.29, 0.717) is 26.4 Å². The second kappa shape index (κ2) is 18.6. The fourth-order valence-corrected chi connectivity index (χ4v) is 8.53. The lowest BCUT2D eigenvalue weighted by molar-refractivity contribution is 0.0605. The lowest BCUT2D eigenvalue weighted by Gasteiger charge is -2.24. The molecule has 12 heteroatoms. The van der Waals surface area contributed by atoms with Gasteiger partial charge >= 0.3 is 17.6 Å². The van der Waals surface area contributed by atoms with Crippen molar-refractivity contribution in [1.29, 1.82) is 0 Å². The lowest BCUT2D eigenvalue weighted by Crippen LogP contribution is -2.43. The summed E-state index contributed by atoms with van der Waals surface area (Å²) in [5, 5.41) is 0. The van der Waals surface area contributed by atoms with Crippen LogP contribution in [0.15, 0.2) is 0 Å². The highest BCUT2D eigenvalue weighted by Gasteiger charge is 2.37. The van der Waals surface area contributed by atoms with Crippen LogP contribution in [0.2, 0.25) is 12.1 Å². The van der Waals surface area contributed by atoms with Crippen LogP contribution >= 0.6 is 23.5 Å². The molecule has 0 atom stereocenters. The van der Waals surface area contributed by atoms with Gasteiger partial charge in [0.05, 0.1) is 26.4 Å². The molecule has 0 N–H and O–H groups in total. The molecule has 28 heavy (non-hydrogen) atoms. The molecule has 8 nitrogen and oxygen atoms in total. The average Bonchev–Trinajstić information content (AvgIpc) is 2.75. The molecule has 0 aliphatic carbocycles. The van der Waals surface area contributed by atoms with Crippen molar-refractivity contribution in [2.75, 3.05) is 92.1 Å². The Bertz CT molecular complexity index is 302.